The Morgan fingerprint density at radius 2 is 2.50 bits per heavy atom. The summed E-state index contributed by atoms with van der Waals surface area (Å²) in [6, 6.07) is 0. The summed E-state index contributed by atoms with van der Waals surface area (Å²) in [7, 11) is 1.75. The second kappa shape index (κ2) is 3.33. The normalized spacial score (nSPS) is 10.1. The largest absolute Gasteiger partial charge is 0.331 e. The molecule has 0 bridgehead atoms. The van der Waals surface area contributed by atoms with Crippen LogP contribution in [0, 0.1) is 0 Å². The first-order chi connectivity index (χ1) is 6.77. The third kappa shape index (κ3) is 1.49. The van der Waals surface area contributed by atoms with Gasteiger partial charge in [-0.2, -0.15) is 0 Å². The number of amides is 1. The molecule has 72 valence electrons. The molecule has 0 unspecified atom stereocenters. The van der Waals surface area contributed by atoms with Gasteiger partial charge in [0, 0.05) is 19.4 Å². The van der Waals surface area contributed by atoms with Gasteiger partial charge in [0.25, 0.3) is 5.91 Å². The zero-order valence-electron chi connectivity index (χ0n) is 7.56. The molecule has 0 aliphatic carbocycles. The molecule has 0 saturated heterocycles. The number of hydrogen-bond acceptors (Lipinski definition) is 3. The van der Waals surface area contributed by atoms with Crippen LogP contribution in [0.3, 0.4) is 0 Å². The minimum atomic E-state index is -0.236. The van der Waals surface area contributed by atoms with Crippen molar-refractivity contribution in [2.45, 2.75) is 0 Å². The molecule has 0 atom stereocenters. The first-order valence-corrected chi connectivity index (χ1v) is 4.04. The lowest BCUT2D eigenvalue weighted by molar-refractivity contribution is 0.101. The summed E-state index contributed by atoms with van der Waals surface area (Å²) in [6.07, 6.45) is 6.27. The van der Waals surface area contributed by atoms with Gasteiger partial charge >= 0.3 is 0 Å². The molecule has 1 amide bonds. The van der Waals surface area contributed by atoms with Crippen LogP contribution in [0.15, 0.2) is 24.9 Å². The Bertz CT molecular complexity index is 430. The molecule has 0 spiro atoms. The number of aromatic nitrogens is 4. The third-order valence-corrected chi connectivity index (χ3v) is 1.78. The number of anilines is 1. The lowest BCUT2D eigenvalue weighted by Crippen LogP contribution is -2.16. The van der Waals surface area contributed by atoms with Crippen molar-refractivity contribution in [2.75, 3.05) is 5.32 Å². The van der Waals surface area contributed by atoms with E-state index < -0.39 is 0 Å². The summed E-state index contributed by atoms with van der Waals surface area (Å²) in [4.78, 5) is 22.1. The van der Waals surface area contributed by atoms with Crippen LogP contribution in [0.2, 0.25) is 0 Å². The van der Waals surface area contributed by atoms with E-state index in [9.17, 15) is 4.79 Å². The molecule has 0 aliphatic rings. The Balaban J connectivity index is 2.14. The SMILES string of the molecule is Cn1cncc1C(=O)Nc1ncc[nH]1. The summed E-state index contributed by atoms with van der Waals surface area (Å²) in [5, 5.41) is 2.60. The summed E-state index contributed by atoms with van der Waals surface area (Å²) in [5.74, 6) is 0.191. The van der Waals surface area contributed by atoms with Gasteiger partial charge in [0.2, 0.25) is 5.95 Å². The number of carbonyl (C=O) groups is 1. The van der Waals surface area contributed by atoms with Crippen molar-refractivity contribution < 1.29 is 4.79 Å². The van der Waals surface area contributed by atoms with Gasteiger partial charge in [-0.3, -0.25) is 10.1 Å². The molecule has 2 rings (SSSR count). The molecule has 2 aromatic heterocycles. The van der Waals surface area contributed by atoms with Gasteiger partial charge in [0.05, 0.1) is 12.5 Å². The molecular formula is C8H9N5O. The number of H-pyrrole nitrogens is 1. The Hall–Kier alpha value is -2.11. The van der Waals surface area contributed by atoms with E-state index in [0.717, 1.165) is 0 Å². The molecular weight excluding hydrogens is 182 g/mol. The minimum Gasteiger partial charge on any atom is -0.331 e. The highest BCUT2D eigenvalue weighted by atomic mass is 16.2. The molecule has 0 saturated carbocycles. The molecule has 2 N–H and O–H groups in total. The van der Waals surface area contributed by atoms with E-state index in [1.165, 1.54) is 6.20 Å². The Morgan fingerprint density at radius 1 is 1.64 bits per heavy atom. The highest BCUT2D eigenvalue weighted by Gasteiger charge is 2.10. The van der Waals surface area contributed by atoms with Gasteiger partial charge in [-0.15, -0.1) is 0 Å². The predicted octanol–water partition coefficient (Wildman–Crippen LogP) is 0.395. The number of rotatable bonds is 2. The summed E-state index contributed by atoms with van der Waals surface area (Å²) in [5.41, 5.74) is 0.487. The quantitative estimate of drug-likeness (QED) is 0.721. The first kappa shape index (κ1) is 8.49. The minimum absolute atomic E-state index is 0.236. The fourth-order valence-corrected chi connectivity index (χ4v) is 1.08. The number of imidazole rings is 2. The van der Waals surface area contributed by atoms with Crippen LogP contribution in [0.25, 0.3) is 0 Å². The fourth-order valence-electron chi connectivity index (χ4n) is 1.08. The van der Waals surface area contributed by atoms with E-state index in [1.54, 1.807) is 30.3 Å². The number of hydrogen-bond donors (Lipinski definition) is 2. The topological polar surface area (TPSA) is 75.6 Å². The van der Waals surface area contributed by atoms with E-state index in [4.69, 9.17) is 0 Å². The van der Waals surface area contributed by atoms with E-state index in [1.807, 2.05) is 0 Å². The monoisotopic (exact) mass is 191 g/mol. The van der Waals surface area contributed by atoms with Gasteiger partial charge in [-0.05, 0) is 0 Å². The van der Waals surface area contributed by atoms with Crippen LogP contribution < -0.4 is 5.32 Å². The molecule has 6 heteroatoms. The number of nitrogens with zero attached hydrogens (tertiary/aromatic N) is 3. The van der Waals surface area contributed by atoms with E-state index in [-0.39, 0.29) is 5.91 Å². The average molecular weight is 191 g/mol. The Morgan fingerprint density at radius 3 is 3.07 bits per heavy atom. The molecule has 14 heavy (non-hydrogen) atoms. The molecule has 0 aromatic carbocycles. The van der Waals surface area contributed by atoms with Crippen molar-refractivity contribution in [1.82, 2.24) is 19.5 Å². The Labute approximate surface area is 80.0 Å². The maximum absolute atomic E-state index is 11.6. The Kier molecular flexibility index (Phi) is 2.02. The predicted molar refractivity (Wildman–Crippen MR) is 49.7 cm³/mol. The van der Waals surface area contributed by atoms with Crippen LogP contribution in [-0.2, 0) is 7.05 Å². The molecule has 0 fully saturated rings. The van der Waals surface area contributed by atoms with Gasteiger partial charge in [0.15, 0.2) is 0 Å². The van der Waals surface area contributed by atoms with Crippen molar-refractivity contribution in [3.8, 4) is 0 Å². The van der Waals surface area contributed by atoms with Crippen LogP contribution in [0.1, 0.15) is 10.5 Å². The summed E-state index contributed by atoms with van der Waals surface area (Å²) < 4.78 is 1.64. The molecule has 0 radical (unpaired) electrons. The van der Waals surface area contributed by atoms with Crippen molar-refractivity contribution in [3.05, 3.63) is 30.6 Å². The number of carbonyl (C=O) groups excluding carboxylic acids is 1. The van der Waals surface area contributed by atoms with Crippen molar-refractivity contribution >= 4 is 11.9 Å². The number of aryl methyl sites for hydroxylation is 1. The van der Waals surface area contributed by atoms with Gasteiger partial charge in [-0.25, -0.2) is 9.97 Å². The highest BCUT2D eigenvalue weighted by Crippen LogP contribution is 2.01. The lowest BCUT2D eigenvalue weighted by atomic mass is 10.4. The maximum Gasteiger partial charge on any atom is 0.276 e. The molecule has 2 heterocycles. The number of nitrogens with one attached hydrogen (secondary N) is 2. The molecule has 6 nitrogen and oxygen atoms in total. The maximum atomic E-state index is 11.6. The molecule has 0 aliphatic heterocycles. The lowest BCUT2D eigenvalue weighted by Gasteiger charge is -2.01. The van der Waals surface area contributed by atoms with Crippen molar-refractivity contribution in [3.63, 3.8) is 0 Å². The van der Waals surface area contributed by atoms with E-state index >= 15 is 0 Å². The van der Waals surface area contributed by atoms with Crippen molar-refractivity contribution in [2.24, 2.45) is 7.05 Å². The van der Waals surface area contributed by atoms with E-state index in [2.05, 4.69) is 20.3 Å². The zero-order chi connectivity index (χ0) is 9.97. The number of aromatic amines is 1. The summed E-state index contributed by atoms with van der Waals surface area (Å²) in [6.45, 7) is 0. The van der Waals surface area contributed by atoms with Crippen LogP contribution in [-0.4, -0.2) is 25.4 Å². The van der Waals surface area contributed by atoms with Gasteiger partial charge in [-0.1, -0.05) is 0 Å². The zero-order valence-corrected chi connectivity index (χ0v) is 7.56. The van der Waals surface area contributed by atoms with Crippen LogP contribution in [0.5, 0.6) is 0 Å². The smallest absolute Gasteiger partial charge is 0.276 e. The van der Waals surface area contributed by atoms with Gasteiger partial charge < -0.3 is 9.55 Å². The standard InChI is InChI=1S/C8H9N5O/c1-13-5-9-4-6(13)7(14)12-8-10-2-3-11-8/h2-5H,1H3,(H2,10,11,12,14). The van der Waals surface area contributed by atoms with Gasteiger partial charge in [0.1, 0.15) is 5.69 Å². The average Bonchev–Trinajstić information content (AvgIpc) is 2.75. The second-order valence-corrected chi connectivity index (χ2v) is 2.78. The third-order valence-electron chi connectivity index (χ3n) is 1.78. The second-order valence-electron chi connectivity index (χ2n) is 2.78. The van der Waals surface area contributed by atoms with Crippen molar-refractivity contribution in [1.29, 1.82) is 0 Å². The fraction of sp³-hybridized carbons (Fsp3) is 0.125. The highest BCUT2D eigenvalue weighted by molar-refractivity contribution is 6.01. The van der Waals surface area contributed by atoms with Crippen LogP contribution >= 0.6 is 0 Å². The first-order valence-electron chi connectivity index (χ1n) is 4.04. The van der Waals surface area contributed by atoms with E-state index in [0.29, 0.717) is 11.6 Å². The molecule has 2 aromatic rings. The summed E-state index contributed by atoms with van der Waals surface area (Å²) >= 11 is 0. The van der Waals surface area contributed by atoms with Crippen LogP contribution in [0.4, 0.5) is 5.95 Å².